The maximum absolute atomic E-state index is 11.2. The van der Waals surface area contributed by atoms with Crippen LogP contribution >= 0.6 is 0 Å². The summed E-state index contributed by atoms with van der Waals surface area (Å²) < 4.78 is 4.96. The Kier molecular flexibility index (Phi) is 6.28. The van der Waals surface area contributed by atoms with Crippen LogP contribution in [0.5, 0.6) is 0 Å². The Morgan fingerprint density at radius 1 is 1.36 bits per heavy atom. The zero-order chi connectivity index (χ0) is 11.1. The van der Waals surface area contributed by atoms with Crippen LogP contribution < -0.4 is 11.1 Å². The third-order valence-electron chi connectivity index (χ3n) is 1.71. The van der Waals surface area contributed by atoms with Crippen molar-refractivity contribution in [2.24, 2.45) is 11.7 Å². The molecule has 0 rings (SSSR count). The Balaban J connectivity index is 3.86. The zero-order valence-corrected chi connectivity index (χ0v) is 9.54. The normalized spacial score (nSPS) is 13.1. The van der Waals surface area contributed by atoms with Gasteiger partial charge in [-0.2, -0.15) is 0 Å². The van der Waals surface area contributed by atoms with Gasteiger partial charge < -0.3 is 15.8 Å². The molecule has 4 nitrogen and oxygen atoms in total. The van der Waals surface area contributed by atoms with E-state index in [2.05, 4.69) is 19.2 Å². The highest BCUT2D eigenvalue weighted by molar-refractivity contribution is 5.67. The number of amides is 1. The molecule has 14 heavy (non-hydrogen) atoms. The molecule has 0 aliphatic rings. The number of hydrogen-bond acceptors (Lipinski definition) is 3. The molecule has 1 unspecified atom stereocenters. The van der Waals surface area contributed by atoms with E-state index in [-0.39, 0.29) is 18.2 Å². The van der Waals surface area contributed by atoms with Gasteiger partial charge in [-0.05, 0) is 26.2 Å². The number of carbonyl (C=O) groups is 1. The molecule has 0 radical (unpaired) electrons. The lowest BCUT2D eigenvalue weighted by molar-refractivity contribution is 0.111. The van der Waals surface area contributed by atoms with Crippen molar-refractivity contribution in [1.29, 1.82) is 0 Å². The minimum Gasteiger partial charge on any atom is -0.447 e. The molecule has 0 aliphatic carbocycles. The van der Waals surface area contributed by atoms with Crippen LogP contribution in [0.1, 0.15) is 34.1 Å². The SMILES string of the molecule is CC(C)CC(CN)NC(=O)OC(C)C. The molecule has 0 aromatic carbocycles. The number of rotatable bonds is 5. The number of carbonyl (C=O) groups excluding carboxylic acids is 1. The fourth-order valence-electron chi connectivity index (χ4n) is 1.20. The van der Waals surface area contributed by atoms with E-state index in [1.807, 2.05) is 13.8 Å². The quantitative estimate of drug-likeness (QED) is 0.710. The minimum atomic E-state index is -0.379. The molecule has 0 spiro atoms. The second-order valence-electron chi connectivity index (χ2n) is 4.16. The van der Waals surface area contributed by atoms with Crippen LogP contribution in [0.3, 0.4) is 0 Å². The van der Waals surface area contributed by atoms with Gasteiger partial charge in [0.15, 0.2) is 0 Å². The van der Waals surface area contributed by atoms with Gasteiger partial charge in [-0.3, -0.25) is 0 Å². The standard InChI is InChI=1S/C10H22N2O2/c1-7(2)5-9(6-11)12-10(13)14-8(3)4/h7-9H,5-6,11H2,1-4H3,(H,12,13). The Morgan fingerprint density at radius 3 is 2.29 bits per heavy atom. The number of ether oxygens (including phenoxy) is 1. The van der Waals surface area contributed by atoms with Crippen LogP contribution in [0.25, 0.3) is 0 Å². The van der Waals surface area contributed by atoms with E-state index in [0.717, 1.165) is 6.42 Å². The van der Waals surface area contributed by atoms with Gasteiger partial charge in [0.05, 0.1) is 6.10 Å². The first kappa shape index (κ1) is 13.2. The summed E-state index contributed by atoms with van der Waals surface area (Å²) >= 11 is 0. The fraction of sp³-hybridized carbons (Fsp3) is 0.900. The molecule has 0 aliphatic heterocycles. The van der Waals surface area contributed by atoms with Gasteiger partial charge >= 0.3 is 6.09 Å². The Bertz CT molecular complexity index is 170. The van der Waals surface area contributed by atoms with Gasteiger partial charge in [0.1, 0.15) is 0 Å². The maximum atomic E-state index is 11.2. The molecule has 0 bridgehead atoms. The molecule has 0 saturated heterocycles. The fourth-order valence-corrected chi connectivity index (χ4v) is 1.20. The van der Waals surface area contributed by atoms with Crippen molar-refractivity contribution in [3.8, 4) is 0 Å². The molecular formula is C10H22N2O2. The van der Waals surface area contributed by atoms with Crippen LogP contribution in [0.15, 0.2) is 0 Å². The summed E-state index contributed by atoms with van der Waals surface area (Å²) in [5.41, 5.74) is 5.53. The van der Waals surface area contributed by atoms with Crippen molar-refractivity contribution in [3.05, 3.63) is 0 Å². The first-order valence-corrected chi connectivity index (χ1v) is 5.13. The Labute approximate surface area is 86.2 Å². The zero-order valence-electron chi connectivity index (χ0n) is 9.54. The maximum Gasteiger partial charge on any atom is 0.407 e. The second-order valence-corrected chi connectivity index (χ2v) is 4.16. The third-order valence-corrected chi connectivity index (χ3v) is 1.71. The van der Waals surface area contributed by atoms with Crippen LogP contribution in [-0.4, -0.2) is 24.8 Å². The number of hydrogen-bond donors (Lipinski definition) is 2. The van der Waals surface area contributed by atoms with Crippen LogP contribution in [0, 0.1) is 5.92 Å². The smallest absolute Gasteiger partial charge is 0.407 e. The minimum absolute atomic E-state index is 0.0150. The van der Waals surface area contributed by atoms with Crippen molar-refractivity contribution in [3.63, 3.8) is 0 Å². The highest BCUT2D eigenvalue weighted by atomic mass is 16.6. The predicted molar refractivity (Wildman–Crippen MR) is 57.1 cm³/mol. The highest BCUT2D eigenvalue weighted by Crippen LogP contribution is 2.03. The Hall–Kier alpha value is -0.770. The van der Waals surface area contributed by atoms with Crippen molar-refractivity contribution >= 4 is 6.09 Å². The molecule has 0 fully saturated rings. The molecule has 0 saturated carbocycles. The molecule has 1 atom stereocenters. The average molecular weight is 202 g/mol. The van der Waals surface area contributed by atoms with E-state index < -0.39 is 0 Å². The number of nitrogens with one attached hydrogen (secondary N) is 1. The first-order chi connectivity index (χ1) is 6.45. The third kappa shape index (κ3) is 6.71. The predicted octanol–water partition coefficient (Wildman–Crippen LogP) is 1.49. The van der Waals surface area contributed by atoms with E-state index in [1.165, 1.54) is 0 Å². The molecule has 84 valence electrons. The largest absolute Gasteiger partial charge is 0.447 e. The van der Waals surface area contributed by atoms with E-state index in [1.54, 1.807) is 0 Å². The van der Waals surface area contributed by atoms with Crippen molar-refractivity contribution < 1.29 is 9.53 Å². The first-order valence-electron chi connectivity index (χ1n) is 5.13. The molecule has 3 N–H and O–H groups in total. The van der Waals surface area contributed by atoms with Crippen molar-refractivity contribution in [2.45, 2.75) is 46.3 Å². The monoisotopic (exact) mass is 202 g/mol. The summed E-state index contributed by atoms with van der Waals surface area (Å²) in [4.78, 5) is 11.2. The second kappa shape index (κ2) is 6.65. The highest BCUT2D eigenvalue weighted by Gasteiger charge is 2.13. The lowest BCUT2D eigenvalue weighted by atomic mass is 10.0. The van der Waals surface area contributed by atoms with Gasteiger partial charge in [-0.1, -0.05) is 13.8 Å². The van der Waals surface area contributed by atoms with E-state index >= 15 is 0 Å². The lowest BCUT2D eigenvalue weighted by Gasteiger charge is -2.19. The van der Waals surface area contributed by atoms with Crippen molar-refractivity contribution in [1.82, 2.24) is 5.32 Å². The Morgan fingerprint density at radius 2 is 1.93 bits per heavy atom. The van der Waals surface area contributed by atoms with Crippen LogP contribution in [0.2, 0.25) is 0 Å². The van der Waals surface area contributed by atoms with Gasteiger partial charge in [0.2, 0.25) is 0 Å². The van der Waals surface area contributed by atoms with Gasteiger partial charge in [0, 0.05) is 12.6 Å². The summed E-state index contributed by atoms with van der Waals surface area (Å²) in [5.74, 6) is 0.517. The van der Waals surface area contributed by atoms with Crippen LogP contribution in [-0.2, 0) is 4.74 Å². The molecule has 0 heterocycles. The van der Waals surface area contributed by atoms with Gasteiger partial charge in [-0.15, -0.1) is 0 Å². The van der Waals surface area contributed by atoms with E-state index in [9.17, 15) is 4.79 Å². The number of alkyl carbamates (subject to hydrolysis) is 1. The van der Waals surface area contributed by atoms with E-state index in [0.29, 0.717) is 12.5 Å². The topological polar surface area (TPSA) is 64.3 Å². The molecule has 0 aromatic heterocycles. The van der Waals surface area contributed by atoms with Gasteiger partial charge in [0.25, 0.3) is 0 Å². The summed E-state index contributed by atoms with van der Waals surface area (Å²) in [6.07, 6.45) is 0.410. The summed E-state index contributed by atoms with van der Waals surface area (Å²) in [6, 6.07) is 0.0150. The van der Waals surface area contributed by atoms with E-state index in [4.69, 9.17) is 10.5 Å². The molecule has 4 heteroatoms. The lowest BCUT2D eigenvalue weighted by Crippen LogP contribution is -2.42. The van der Waals surface area contributed by atoms with Crippen molar-refractivity contribution in [2.75, 3.05) is 6.54 Å². The van der Waals surface area contributed by atoms with Crippen LogP contribution in [0.4, 0.5) is 4.79 Å². The number of nitrogens with two attached hydrogens (primary N) is 1. The molecular weight excluding hydrogens is 180 g/mol. The molecule has 0 aromatic rings. The molecule has 1 amide bonds. The summed E-state index contributed by atoms with van der Waals surface area (Å²) in [5, 5.41) is 2.74. The summed E-state index contributed by atoms with van der Waals surface area (Å²) in [7, 11) is 0. The van der Waals surface area contributed by atoms with Gasteiger partial charge in [-0.25, -0.2) is 4.79 Å². The summed E-state index contributed by atoms with van der Waals surface area (Å²) in [6.45, 7) is 8.28. The average Bonchev–Trinajstić information content (AvgIpc) is 2.00.